The van der Waals surface area contributed by atoms with Gasteiger partial charge in [-0.05, 0) is 6.92 Å². The zero-order valence-corrected chi connectivity index (χ0v) is 5.16. The van der Waals surface area contributed by atoms with Crippen molar-refractivity contribution in [3.63, 3.8) is 0 Å². The van der Waals surface area contributed by atoms with Gasteiger partial charge in [0.2, 0.25) is 0 Å². The molecular weight excluding hydrogens is 112 g/mol. The summed E-state index contributed by atoms with van der Waals surface area (Å²) in [6.07, 6.45) is 0. The zero-order valence-electron chi connectivity index (χ0n) is 4.41. The minimum Gasteiger partial charge on any atom is -0.361 e. The topological polar surface area (TPSA) is 9.23 Å². The van der Waals surface area contributed by atoms with Gasteiger partial charge in [0.1, 0.15) is 6.07 Å². The van der Waals surface area contributed by atoms with Gasteiger partial charge in [-0.3, -0.25) is 0 Å². The van der Waals surface area contributed by atoms with Gasteiger partial charge in [-0.15, -0.1) is 0 Å². The van der Waals surface area contributed by atoms with Crippen molar-refractivity contribution in [2.45, 2.75) is 6.92 Å². The number of ether oxygens (including phenoxy) is 1. The quantitative estimate of drug-likeness (QED) is 0.408. The van der Waals surface area contributed by atoms with Gasteiger partial charge < -0.3 is 4.74 Å². The normalized spacial score (nSPS) is 8.86. The number of alkyl halides is 1. The molecule has 0 saturated heterocycles. The zero-order chi connectivity index (χ0) is 5.70. The maximum absolute atomic E-state index is 5.18. The first kappa shape index (κ1) is 6.99. The summed E-state index contributed by atoms with van der Waals surface area (Å²) in [5.74, 6) is 0. The van der Waals surface area contributed by atoms with Gasteiger partial charge in [0.25, 0.3) is 0 Å². The summed E-state index contributed by atoms with van der Waals surface area (Å²) in [6.45, 7) is 6.08. The van der Waals surface area contributed by atoms with E-state index in [1.807, 2.05) is 6.92 Å². The SMILES string of the molecule is C=C(C)COCCl. The highest BCUT2D eigenvalue weighted by atomic mass is 35.5. The molecule has 0 aliphatic rings. The maximum Gasteiger partial charge on any atom is 0.121 e. The average molecular weight is 121 g/mol. The minimum atomic E-state index is 0.257. The molecule has 1 nitrogen and oxygen atoms in total. The Hall–Kier alpha value is -0.0100. The lowest BCUT2D eigenvalue weighted by Crippen LogP contribution is -1.90. The largest absolute Gasteiger partial charge is 0.361 e. The molecule has 0 aliphatic heterocycles. The van der Waals surface area contributed by atoms with E-state index >= 15 is 0 Å². The average Bonchev–Trinajstić information content (AvgIpc) is 1.61. The Kier molecular flexibility index (Phi) is 4.15. The summed E-state index contributed by atoms with van der Waals surface area (Å²) in [5.41, 5.74) is 1.00. The van der Waals surface area contributed by atoms with E-state index in [1.54, 1.807) is 0 Å². The molecule has 0 spiro atoms. The van der Waals surface area contributed by atoms with E-state index in [2.05, 4.69) is 6.58 Å². The van der Waals surface area contributed by atoms with Crippen LogP contribution in [0.1, 0.15) is 6.92 Å². The highest BCUT2D eigenvalue weighted by molar-refractivity contribution is 6.17. The number of hydrogen-bond donors (Lipinski definition) is 0. The first-order valence-electron chi connectivity index (χ1n) is 2.05. The van der Waals surface area contributed by atoms with Gasteiger partial charge in [-0.2, -0.15) is 0 Å². The monoisotopic (exact) mass is 120 g/mol. The molecule has 0 amide bonds. The molecule has 0 aliphatic carbocycles. The molecule has 2 heteroatoms. The fourth-order valence-corrected chi connectivity index (χ4v) is 0.290. The summed E-state index contributed by atoms with van der Waals surface area (Å²) >= 11 is 5.18. The molecule has 0 atom stereocenters. The van der Waals surface area contributed by atoms with Crippen LogP contribution in [0.2, 0.25) is 0 Å². The highest BCUT2D eigenvalue weighted by Crippen LogP contribution is 1.87. The summed E-state index contributed by atoms with van der Waals surface area (Å²) in [4.78, 5) is 0. The lowest BCUT2D eigenvalue weighted by atomic mass is 10.4. The third-order valence-electron chi connectivity index (χ3n) is 0.426. The van der Waals surface area contributed by atoms with Gasteiger partial charge in [0, 0.05) is 0 Å². The van der Waals surface area contributed by atoms with Gasteiger partial charge in [0.05, 0.1) is 6.61 Å². The second kappa shape index (κ2) is 4.16. The predicted molar refractivity (Wildman–Crippen MR) is 31.5 cm³/mol. The van der Waals surface area contributed by atoms with Crippen LogP contribution in [0.3, 0.4) is 0 Å². The van der Waals surface area contributed by atoms with Crippen molar-refractivity contribution < 1.29 is 4.74 Å². The molecule has 0 saturated carbocycles. The second-order valence-corrected chi connectivity index (χ2v) is 1.63. The van der Waals surface area contributed by atoms with E-state index in [0.717, 1.165) is 5.57 Å². The Morgan fingerprint density at radius 3 is 2.57 bits per heavy atom. The van der Waals surface area contributed by atoms with Crippen molar-refractivity contribution in [3.05, 3.63) is 12.2 Å². The fourth-order valence-electron chi connectivity index (χ4n) is 0.213. The molecule has 0 rings (SSSR count). The van der Waals surface area contributed by atoms with Gasteiger partial charge in [0.15, 0.2) is 0 Å². The molecule has 0 heterocycles. The maximum atomic E-state index is 5.18. The van der Waals surface area contributed by atoms with Crippen molar-refractivity contribution in [1.82, 2.24) is 0 Å². The Morgan fingerprint density at radius 1 is 1.86 bits per heavy atom. The lowest BCUT2D eigenvalue weighted by Gasteiger charge is -1.94. The Morgan fingerprint density at radius 2 is 2.43 bits per heavy atom. The second-order valence-electron chi connectivity index (χ2n) is 1.41. The van der Waals surface area contributed by atoms with Crippen LogP contribution in [0.5, 0.6) is 0 Å². The van der Waals surface area contributed by atoms with Crippen LogP contribution in [0, 0.1) is 0 Å². The van der Waals surface area contributed by atoms with Crippen molar-refractivity contribution in [1.29, 1.82) is 0 Å². The van der Waals surface area contributed by atoms with E-state index in [9.17, 15) is 0 Å². The van der Waals surface area contributed by atoms with Crippen molar-refractivity contribution in [2.75, 3.05) is 12.7 Å². The Bertz CT molecular complexity index is 61.1. The molecule has 0 fully saturated rings. The summed E-state index contributed by atoms with van der Waals surface area (Å²) < 4.78 is 4.76. The Labute approximate surface area is 48.9 Å². The van der Waals surface area contributed by atoms with Crippen LogP contribution in [0.15, 0.2) is 12.2 Å². The van der Waals surface area contributed by atoms with Crippen LogP contribution in [0.4, 0.5) is 0 Å². The van der Waals surface area contributed by atoms with Crippen molar-refractivity contribution in [3.8, 4) is 0 Å². The lowest BCUT2D eigenvalue weighted by molar-refractivity contribution is 0.205. The highest BCUT2D eigenvalue weighted by Gasteiger charge is 1.80. The molecule has 0 aromatic carbocycles. The standard InChI is InChI=1S/C5H9ClO/c1-5(2)3-7-4-6/h1,3-4H2,2H3. The summed E-state index contributed by atoms with van der Waals surface area (Å²) in [6, 6.07) is 0.257. The van der Waals surface area contributed by atoms with Gasteiger partial charge in [-0.25, -0.2) is 0 Å². The van der Waals surface area contributed by atoms with Gasteiger partial charge in [-0.1, -0.05) is 23.8 Å². The van der Waals surface area contributed by atoms with Crippen molar-refractivity contribution >= 4 is 11.6 Å². The smallest absolute Gasteiger partial charge is 0.121 e. The molecule has 0 N–H and O–H groups in total. The van der Waals surface area contributed by atoms with E-state index in [4.69, 9.17) is 16.3 Å². The van der Waals surface area contributed by atoms with Crippen LogP contribution >= 0.6 is 11.6 Å². The molecule has 0 radical (unpaired) electrons. The predicted octanol–water partition coefficient (Wildman–Crippen LogP) is 1.78. The fraction of sp³-hybridized carbons (Fsp3) is 0.600. The summed E-state index contributed by atoms with van der Waals surface area (Å²) in [7, 11) is 0. The third-order valence-corrected chi connectivity index (χ3v) is 0.580. The molecular formula is C5H9ClO. The molecule has 42 valence electrons. The van der Waals surface area contributed by atoms with E-state index in [-0.39, 0.29) is 6.07 Å². The van der Waals surface area contributed by atoms with Crippen LogP contribution in [-0.4, -0.2) is 12.7 Å². The van der Waals surface area contributed by atoms with Crippen LogP contribution < -0.4 is 0 Å². The van der Waals surface area contributed by atoms with E-state index in [1.165, 1.54) is 0 Å². The number of halogens is 1. The van der Waals surface area contributed by atoms with Crippen LogP contribution in [-0.2, 0) is 4.74 Å². The minimum absolute atomic E-state index is 0.257. The summed E-state index contributed by atoms with van der Waals surface area (Å²) in [5, 5.41) is 0. The Balaban J connectivity index is 2.82. The van der Waals surface area contributed by atoms with E-state index in [0.29, 0.717) is 6.61 Å². The van der Waals surface area contributed by atoms with Crippen LogP contribution in [0.25, 0.3) is 0 Å². The third kappa shape index (κ3) is 5.99. The number of rotatable bonds is 3. The number of hydrogen-bond acceptors (Lipinski definition) is 1. The van der Waals surface area contributed by atoms with Crippen molar-refractivity contribution in [2.24, 2.45) is 0 Å². The first-order chi connectivity index (χ1) is 3.27. The molecule has 0 unspecified atom stereocenters. The first-order valence-corrected chi connectivity index (χ1v) is 2.59. The molecule has 0 aromatic heterocycles. The molecule has 0 aromatic rings. The molecule has 7 heavy (non-hydrogen) atoms. The molecule has 0 bridgehead atoms. The van der Waals surface area contributed by atoms with E-state index < -0.39 is 0 Å². The van der Waals surface area contributed by atoms with Gasteiger partial charge >= 0.3 is 0 Å².